The molecule has 0 spiro atoms. The second kappa shape index (κ2) is 5.09. The largest absolute Gasteiger partial charge is 0.319 e. The molecule has 1 saturated heterocycles. The molecule has 0 aromatic heterocycles. The number of rotatable bonds is 2. The number of benzene rings is 1. The zero-order chi connectivity index (χ0) is 10.8. The summed E-state index contributed by atoms with van der Waals surface area (Å²) in [7, 11) is 0. The molecule has 0 saturated carbocycles. The van der Waals surface area contributed by atoms with Gasteiger partial charge in [0.25, 0.3) is 0 Å². The number of carbonyl (C=O) groups is 2. The Kier molecular flexibility index (Phi) is 4.04. The van der Waals surface area contributed by atoms with E-state index in [0.29, 0.717) is 6.54 Å². The minimum Gasteiger partial charge on any atom is -0.319 e. The Morgan fingerprint density at radius 3 is 2.38 bits per heavy atom. The van der Waals surface area contributed by atoms with Gasteiger partial charge < -0.3 is 5.73 Å². The molecule has 4 nitrogen and oxygen atoms in total. The molecular formula is C11H13ClN2O2. The Hall–Kier alpha value is -1.39. The van der Waals surface area contributed by atoms with Crippen LogP contribution in [0.1, 0.15) is 12.0 Å². The molecule has 0 unspecified atom stereocenters. The van der Waals surface area contributed by atoms with Gasteiger partial charge in [0.05, 0.1) is 19.0 Å². The molecule has 16 heavy (non-hydrogen) atoms. The van der Waals surface area contributed by atoms with E-state index >= 15 is 0 Å². The monoisotopic (exact) mass is 240 g/mol. The zero-order valence-corrected chi connectivity index (χ0v) is 9.44. The summed E-state index contributed by atoms with van der Waals surface area (Å²) >= 11 is 0. The standard InChI is InChI=1S/C11H12N2O2.ClH/c12-9-6-10(14)13(11(9)15)7-8-4-2-1-3-5-8;/h1-5,9H,6-7,12H2;1H/t9-;/m0./s1. The van der Waals surface area contributed by atoms with E-state index in [4.69, 9.17) is 5.73 Å². The zero-order valence-electron chi connectivity index (χ0n) is 8.63. The summed E-state index contributed by atoms with van der Waals surface area (Å²) < 4.78 is 0. The molecular weight excluding hydrogens is 228 g/mol. The second-order valence-corrected chi connectivity index (χ2v) is 3.61. The van der Waals surface area contributed by atoms with Gasteiger partial charge in [0.2, 0.25) is 11.8 Å². The van der Waals surface area contributed by atoms with Crippen LogP contribution in [0.25, 0.3) is 0 Å². The molecule has 1 aromatic rings. The van der Waals surface area contributed by atoms with Crippen LogP contribution in [0.15, 0.2) is 30.3 Å². The Bertz CT molecular complexity index is 394. The average Bonchev–Trinajstić information content (AvgIpc) is 2.47. The number of nitrogens with zero attached hydrogens (tertiary/aromatic N) is 1. The highest BCUT2D eigenvalue weighted by molar-refractivity contribution is 6.05. The van der Waals surface area contributed by atoms with Crippen molar-refractivity contribution < 1.29 is 9.59 Å². The Morgan fingerprint density at radius 1 is 1.25 bits per heavy atom. The van der Waals surface area contributed by atoms with E-state index in [2.05, 4.69) is 0 Å². The predicted octanol–water partition coefficient (Wildman–Crippen LogP) is 0.695. The van der Waals surface area contributed by atoms with E-state index < -0.39 is 6.04 Å². The molecule has 1 heterocycles. The summed E-state index contributed by atoms with van der Waals surface area (Å²) in [6, 6.07) is 8.75. The van der Waals surface area contributed by atoms with Crippen molar-refractivity contribution >= 4 is 24.2 Å². The summed E-state index contributed by atoms with van der Waals surface area (Å²) in [6.45, 7) is 0.326. The van der Waals surface area contributed by atoms with Gasteiger partial charge in [0.1, 0.15) is 0 Å². The van der Waals surface area contributed by atoms with Crippen LogP contribution in [0.4, 0.5) is 0 Å². The number of amides is 2. The van der Waals surface area contributed by atoms with Crippen molar-refractivity contribution in [1.82, 2.24) is 4.90 Å². The Labute approximate surface area is 99.8 Å². The first-order valence-electron chi connectivity index (χ1n) is 4.82. The maximum Gasteiger partial charge on any atom is 0.246 e. The number of carbonyl (C=O) groups excluding carboxylic acids is 2. The van der Waals surface area contributed by atoms with Crippen LogP contribution in [0.2, 0.25) is 0 Å². The van der Waals surface area contributed by atoms with E-state index in [9.17, 15) is 9.59 Å². The molecule has 2 rings (SSSR count). The summed E-state index contributed by atoms with van der Waals surface area (Å²) in [5.41, 5.74) is 6.44. The highest BCUT2D eigenvalue weighted by Gasteiger charge is 2.35. The lowest BCUT2D eigenvalue weighted by Crippen LogP contribution is -2.34. The lowest BCUT2D eigenvalue weighted by molar-refractivity contribution is -0.139. The molecule has 2 N–H and O–H groups in total. The molecule has 1 aromatic carbocycles. The van der Waals surface area contributed by atoms with Crippen LogP contribution in [-0.4, -0.2) is 22.8 Å². The lowest BCUT2D eigenvalue weighted by atomic mass is 10.2. The molecule has 0 radical (unpaired) electrons. The summed E-state index contributed by atoms with van der Waals surface area (Å²) in [6.07, 6.45) is 0.131. The van der Waals surface area contributed by atoms with Crippen LogP contribution >= 0.6 is 12.4 Å². The van der Waals surface area contributed by atoms with Crippen molar-refractivity contribution in [2.45, 2.75) is 19.0 Å². The van der Waals surface area contributed by atoms with Crippen molar-refractivity contribution in [3.05, 3.63) is 35.9 Å². The number of hydrogen-bond donors (Lipinski definition) is 1. The fourth-order valence-electron chi connectivity index (χ4n) is 1.64. The number of halogens is 1. The van der Waals surface area contributed by atoms with Crippen LogP contribution in [0.5, 0.6) is 0 Å². The predicted molar refractivity (Wildman–Crippen MR) is 61.8 cm³/mol. The van der Waals surface area contributed by atoms with Crippen molar-refractivity contribution in [2.75, 3.05) is 0 Å². The van der Waals surface area contributed by atoms with Crippen molar-refractivity contribution in [2.24, 2.45) is 5.73 Å². The van der Waals surface area contributed by atoms with E-state index in [1.165, 1.54) is 4.90 Å². The molecule has 1 fully saturated rings. The van der Waals surface area contributed by atoms with Crippen LogP contribution in [0, 0.1) is 0 Å². The second-order valence-electron chi connectivity index (χ2n) is 3.61. The van der Waals surface area contributed by atoms with Gasteiger partial charge in [-0.1, -0.05) is 30.3 Å². The van der Waals surface area contributed by atoms with Gasteiger partial charge in [0, 0.05) is 0 Å². The quantitative estimate of drug-likeness (QED) is 0.774. The Balaban J connectivity index is 0.00000128. The van der Waals surface area contributed by atoms with Crippen LogP contribution in [0.3, 0.4) is 0 Å². The van der Waals surface area contributed by atoms with Crippen molar-refractivity contribution in [3.63, 3.8) is 0 Å². The normalized spacial score (nSPS) is 19.8. The fraction of sp³-hybridized carbons (Fsp3) is 0.273. The summed E-state index contributed by atoms with van der Waals surface area (Å²) in [5, 5.41) is 0. The first kappa shape index (κ1) is 12.7. The third-order valence-corrected chi connectivity index (χ3v) is 2.46. The van der Waals surface area contributed by atoms with Crippen molar-refractivity contribution in [3.8, 4) is 0 Å². The molecule has 0 aliphatic carbocycles. The SMILES string of the molecule is Cl.N[C@H]1CC(=O)N(Cc2ccccc2)C1=O. The van der Waals surface area contributed by atoms with Gasteiger partial charge in [0.15, 0.2) is 0 Å². The van der Waals surface area contributed by atoms with Gasteiger partial charge in [-0.25, -0.2) is 0 Å². The van der Waals surface area contributed by atoms with Gasteiger partial charge in [-0.3, -0.25) is 14.5 Å². The van der Waals surface area contributed by atoms with E-state index in [0.717, 1.165) is 5.56 Å². The maximum absolute atomic E-state index is 11.5. The first-order chi connectivity index (χ1) is 7.18. The van der Waals surface area contributed by atoms with Gasteiger partial charge in [-0.2, -0.15) is 0 Å². The smallest absolute Gasteiger partial charge is 0.246 e. The van der Waals surface area contributed by atoms with Gasteiger partial charge in [-0.15, -0.1) is 12.4 Å². The maximum atomic E-state index is 11.5. The molecule has 2 amide bonds. The van der Waals surface area contributed by atoms with E-state index in [1.54, 1.807) is 0 Å². The molecule has 1 atom stereocenters. The molecule has 0 bridgehead atoms. The fourth-order valence-corrected chi connectivity index (χ4v) is 1.64. The number of hydrogen-bond acceptors (Lipinski definition) is 3. The lowest BCUT2D eigenvalue weighted by Gasteiger charge is -2.13. The minimum atomic E-state index is -0.652. The van der Waals surface area contributed by atoms with E-state index in [1.807, 2.05) is 30.3 Å². The summed E-state index contributed by atoms with van der Waals surface area (Å²) in [4.78, 5) is 24.1. The van der Waals surface area contributed by atoms with E-state index in [-0.39, 0.29) is 30.6 Å². The first-order valence-corrected chi connectivity index (χ1v) is 4.82. The van der Waals surface area contributed by atoms with Crippen LogP contribution in [-0.2, 0) is 16.1 Å². The van der Waals surface area contributed by atoms with Gasteiger partial charge >= 0.3 is 0 Å². The number of likely N-dealkylation sites (tertiary alicyclic amines) is 1. The Morgan fingerprint density at radius 2 is 1.88 bits per heavy atom. The molecule has 1 aliphatic heterocycles. The molecule has 5 heteroatoms. The highest BCUT2D eigenvalue weighted by Crippen LogP contribution is 2.14. The highest BCUT2D eigenvalue weighted by atomic mass is 35.5. The summed E-state index contributed by atoms with van der Waals surface area (Å²) in [5.74, 6) is -0.458. The van der Waals surface area contributed by atoms with Crippen LogP contribution < -0.4 is 5.73 Å². The molecule has 86 valence electrons. The molecule has 1 aliphatic rings. The number of imide groups is 1. The number of nitrogens with two attached hydrogens (primary N) is 1. The third-order valence-electron chi connectivity index (χ3n) is 2.46. The van der Waals surface area contributed by atoms with Gasteiger partial charge in [-0.05, 0) is 5.56 Å². The minimum absolute atomic E-state index is 0. The average molecular weight is 241 g/mol. The third kappa shape index (κ3) is 2.40. The van der Waals surface area contributed by atoms with Crippen molar-refractivity contribution in [1.29, 1.82) is 0 Å². The topological polar surface area (TPSA) is 63.4 Å².